The van der Waals surface area contributed by atoms with Gasteiger partial charge in [0.15, 0.2) is 0 Å². The first kappa shape index (κ1) is 20.7. The third kappa shape index (κ3) is 4.78. The van der Waals surface area contributed by atoms with Gasteiger partial charge in [-0.05, 0) is 103 Å². The number of allylic oxidation sites excluding steroid dienone is 4. The van der Waals surface area contributed by atoms with E-state index in [0.717, 1.165) is 18.8 Å². The summed E-state index contributed by atoms with van der Waals surface area (Å²) < 4.78 is 0. The van der Waals surface area contributed by atoms with Crippen LogP contribution in [0, 0.1) is 18.8 Å². The third-order valence-electron chi connectivity index (χ3n) is 6.98. The Hall–Kier alpha value is -2.54. The first-order chi connectivity index (χ1) is 14.6. The number of hydrogen-bond acceptors (Lipinski definition) is 1. The van der Waals surface area contributed by atoms with E-state index in [2.05, 4.69) is 74.5 Å². The minimum Gasteiger partial charge on any atom is -0.508 e. The van der Waals surface area contributed by atoms with Crippen LogP contribution in [0.4, 0.5) is 0 Å². The Morgan fingerprint density at radius 2 is 1.77 bits per heavy atom. The normalized spacial score (nSPS) is 24.2. The lowest BCUT2D eigenvalue weighted by atomic mass is 9.72. The molecule has 2 aromatic rings. The minimum absolute atomic E-state index is 0.433. The Kier molecular flexibility index (Phi) is 6.57. The molecule has 4 rings (SSSR count). The number of hydrogen-bond donors (Lipinski definition) is 1. The van der Waals surface area contributed by atoms with Gasteiger partial charge in [0.1, 0.15) is 5.76 Å². The number of benzene rings is 2. The Bertz CT molecular complexity index is 937. The lowest BCUT2D eigenvalue weighted by Crippen LogP contribution is -2.20. The molecule has 30 heavy (non-hydrogen) atoms. The minimum atomic E-state index is 0.433. The van der Waals surface area contributed by atoms with Gasteiger partial charge < -0.3 is 5.11 Å². The van der Waals surface area contributed by atoms with Crippen molar-refractivity contribution in [2.45, 2.75) is 58.3 Å². The Labute approximate surface area is 181 Å². The molecule has 0 aromatic heterocycles. The number of aliphatic hydroxyl groups excluding tert-OH is 1. The second-order valence-corrected chi connectivity index (χ2v) is 9.01. The second-order valence-electron chi connectivity index (χ2n) is 9.01. The summed E-state index contributed by atoms with van der Waals surface area (Å²) in [6, 6.07) is 16.0. The maximum atomic E-state index is 9.57. The highest BCUT2D eigenvalue weighted by Crippen LogP contribution is 2.41. The van der Waals surface area contributed by atoms with Gasteiger partial charge in [0.05, 0.1) is 0 Å². The maximum absolute atomic E-state index is 9.57. The van der Waals surface area contributed by atoms with Crippen molar-refractivity contribution in [3.63, 3.8) is 0 Å². The van der Waals surface area contributed by atoms with Gasteiger partial charge in [0, 0.05) is 0 Å². The van der Waals surface area contributed by atoms with Gasteiger partial charge in [-0.15, -0.1) is 0 Å². The van der Waals surface area contributed by atoms with E-state index in [-0.39, 0.29) is 0 Å². The van der Waals surface area contributed by atoms with Crippen LogP contribution in [-0.2, 0) is 0 Å². The third-order valence-corrected chi connectivity index (χ3v) is 6.98. The zero-order chi connectivity index (χ0) is 20.9. The number of aryl methyl sites for hydroxylation is 1. The van der Waals surface area contributed by atoms with Crippen LogP contribution < -0.4 is 0 Å². The van der Waals surface area contributed by atoms with Gasteiger partial charge in [-0.3, -0.25) is 0 Å². The molecule has 1 atom stereocenters. The highest BCUT2D eigenvalue weighted by molar-refractivity contribution is 5.69. The molecule has 1 saturated carbocycles. The van der Waals surface area contributed by atoms with Crippen LogP contribution in [0.2, 0.25) is 0 Å². The number of aliphatic hydroxyl groups is 1. The lowest BCUT2D eigenvalue weighted by Gasteiger charge is -2.33. The second kappa shape index (κ2) is 9.51. The monoisotopic (exact) mass is 398 g/mol. The van der Waals surface area contributed by atoms with Crippen LogP contribution in [-0.4, -0.2) is 5.11 Å². The van der Waals surface area contributed by atoms with E-state index >= 15 is 0 Å². The van der Waals surface area contributed by atoms with Crippen molar-refractivity contribution in [2.75, 3.05) is 0 Å². The summed E-state index contributed by atoms with van der Waals surface area (Å²) in [5.41, 5.74) is 6.80. The molecule has 1 N–H and O–H groups in total. The van der Waals surface area contributed by atoms with Gasteiger partial charge in [-0.1, -0.05) is 67.6 Å². The van der Waals surface area contributed by atoms with Crippen molar-refractivity contribution >= 4 is 6.08 Å². The topological polar surface area (TPSA) is 20.2 Å². The first-order valence-electron chi connectivity index (χ1n) is 11.6. The fraction of sp³-hybridized carbons (Fsp3) is 0.379. The average Bonchev–Trinajstić information content (AvgIpc) is 2.79. The van der Waals surface area contributed by atoms with Gasteiger partial charge in [-0.2, -0.15) is 0 Å². The average molecular weight is 399 g/mol. The molecule has 0 amide bonds. The van der Waals surface area contributed by atoms with Gasteiger partial charge in [0.25, 0.3) is 0 Å². The van der Waals surface area contributed by atoms with Gasteiger partial charge >= 0.3 is 0 Å². The molecule has 0 aliphatic heterocycles. The summed E-state index contributed by atoms with van der Waals surface area (Å²) in [7, 11) is 0. The molecule has 0 radical (unpaired) electrons. The standard InChI is InChI=1S/C29H34O/c1-3-4-5-22-6-8-26(9-7-22)29-19-16-27(20-21(29)2)25-12-10-23(11-13-25)24-14-17-28(30)18-15-24/h4-9,14,16-20,23-25,30H,3,10-13,15H2,1-2H3/b5-4+. The van der Waals surface area contributed by atoms with Crippen molar-refractivity contribution in [1.29, 1.82) is 0 Å². The molecular formula is C29H34O. The Morgan fingerprint density at radius 3 is 2.40 bits per heavy atom. The van der Waals surface area contributed by atoms with Crippen molar-refractivity contribution in [3.8, 4) is 11.1 Å². The summed E-state index contributed by atoms with van der Waals surface area (Å²) in [6.07, 6.45) is 17.7. The van der Waals surface area contributed by atoms with E-state index in [1.165, 1.54) is 53.5 Å². The summed E-state index contributed by atoms with van der Waals surface area (Å²) in [5, 5.41) is 9.57. The fourth-order valence-electron chi connectivity index (χ4n) is 5.15. The van der Waals surface area contributed by atoms with Crippen LogP contribution >= 0.6 is 0 Å². The lowest BCUT2D eigenvalue weighted by molar-refractivity contribution is 0.261. The van der Waals surface area contributed by atoms with Crippen LogP contribution in [0.3, 0.4) is 0 Å². The quantitative estimate of drug-likeness (QED) is 0.536. The Balaban J connectivity index is 1.40. The van der Waals surface area contributed by atoms with Crippen molar-refractivity contribution in [2.24, 2.45) is 11.8 Å². The van der Waals surface area contributed by atoms with Crippen LogP contribution in [0.1, 0.15) is 68.1 Å². The van der Waals surface area contributed by atoms with Crippen molar-refractivity contribution < 1.29 is 5.11 Å². The van der Waals surface area contributed by atoms with Crippen molar-refractivity contribution in [3.05, 3.63) is 89.2 Å². The molecule has 2 aliphatic rings. The fourth-order valence-corrected chi connectivity index (χ4v) is 5.15. The summed E-state index contributed by atoms with van der Waals surface area (Å²) in [5.74, 6) is 2.50. The molecular weight excluding hydrogens is 364 g/mol. The molecule has 2 aromatic carbocycles. The molecule has 0 spiro atoms. The number of rotatable bonds is 5. The van der Waals surface area contributed by atoms with Crippen molar-refractivity contribution in [1.82, 2.24) is 0 Å². The predicted molar refractivity (Wildman–Crippen MR) is 129 cm³/mol. The summed E-state index contributed by atoms with van der Waals surface area (Å²) in [6.45, 7) is 4.42. The molecule has 1 nitrogen and oxygen atoms in total. The molecule has 0 bridgehead atoms. The molecule has 0 heterocycles. The van der Waals surface area contributed by atoms with Crippen LogP contribution in [0.25, 0.3) is 17.2 Å². The smallest absolute Gasteiger partial charge is 0.111 e. The molecule has 2 aliphatic carbocycles. The Morgan fingerprint density at radius 1 is 1.00 bits per heavy atom. The van der Waals surface area contributed by atoms with E-state index in [1.807, 2.05) is 12.2 Å². The zero-order valence-corrected chi connectivity index (χ0v) is 18.4. The molecule has 156 valence electrons. The molecule has 1 heteroatoms. The highest BCUT2D eigenvalue weighted by atomic mass is 16.3. The van der Waals surface area contributed by atoms with E-state index in [9.17, 15) is 5.11 Å². The maximum Gasteiger partial charge on any atom is 0.111 e. The van der Waals surface area contributed by atoms with Crippen LogP contribution in [0.5, 0.6) is 0 Å². The van der Waals surface area contributed by atoms with Gasteiger partial charge in [0.2, 0.25) is 0 Å². The first-order valence-corrected chi connectivity index (χ1v) is 11.6. The van der Waals surface area contributed by atoms with Gasteiger partial charge in [-0.25, -0.2) is 0 Å². The molecule has 1 fully saturated rings. The summed E-state index contributed by atoms with van der Waals surface area (Å²) >= 11 is 0. The van der Waals surface area contributed by atoms with E-state index in [4.69, 9.17) is 0 Å². The summed E-state index contributed by atoms with van der Waals surface area (Å²) in [4.78, 5) is 0. The van der Waals surface area contributed by atoms with E-state index in [0.29, 0.717) is 17.6 Å². The van der Waals surface area contributed by atoms with E-state index < -0.39 is 0 Å². The molecule has 0 saturated heterocycles. The van der Waals surface area contributed by atoms with E-state index in [1.54, 1.807) is 0 Å². The molecule has 1 unspecified atom stereocenters. The zero-order valence-electron chi connectivity index (χ0n) is 18.4. The highest BCUT2D eigenvalue weighted by Gasteiger charge is 2.27. The largest absolute Gasteiger partial charge is 0.508 e. The predicted octanol–water partition coefficient (Wildman–Crippen LogP) is 8.38. The SMILES string of the molecule is CC/C=C/c1ccc(-c2ccc(C3CCC(C4C=CC(O)=CC4)CC3)cc2C)cc1. The van der Waals surface area contributed by atoms with Crippen LogP contribution in [0.15, 0.2) is 72.5 Å².